The predicted molar refractivity (Wildman–Crippen MR) is 60.8 cm³/mol. The Balaban J connectivity index is 2.38. The molecular formula is C12H14O3S. The second-order valence-corrected chi connectivity index (χ2v) is 6.36. The third-order valence-electron chi connectivity index (χ3n) is 3.21. The fourth-order valence-corrected chi connectivity index (χ4v) is 4.18. The summed E-state index contributed by atoms with van der Waals surface area (Å²) in [7, 11) is -3.34. The van der Waals surface area contributed by atoms with Crippen LogP contribution in [0.1, 0.15) is 19.8 Å². The molecule has 16 heavy (non-hydrogen) atoms. The lowest BCUT2D eigenvalue weighted by Gasteiger charge is -2.14. The van der Waals surface area contributed by atoms with Gasteiger partial charge in [-0.05, 0) is 18.6 Å². The monoisotopic (exact) mass is 238 g/mol. The van der Waals surface area contributed by atoms with E-state index in [0.29, 0.717) is 17.7 Å². The van der Waals surface area contributed by atoms with Crippen LogP contribution in [0.15, 0.2) is 35.2 Å². The number of ketones is 1. The summed E-state index contributed by atoms with van der Waals surface area (Å²) < 4.78 is 24.5. The average molecular weight is 238 g/mol. The molecule has 0 saturated heterocycles. The van der Waals surface area contributed by atoms with Crippen molar-refractivity contribution in [2.45, 2.75) is 29.9 Å². The molecule has 4 heteroatoms. The quantitative estimate of drug-likeness (QED) is 0.789. The molecule has 1 aliphatic carbocycles. The molecule has 0 radical (unpaired) electrons. The van der Waals surface area contributed by atoms with Gasteiger partial charge in [0.25, 0.3) is 0 Å². The van der Waals surface area contributed by atoms with Gasteiger partial charge in [-0.3, -0.25) is 4.79 Å². The SMILES string of the molecule is CC1C(=O)CCC1S(=O)(=O)c1ccccc1. The molecule has 3 nitrogen and oxygen atoms in total. The van der Waals surface area contributed by atoms with Crippen LogP contribution < -0.4 is 0 Å². The Morgan fingerprint density at radius 2 is 1.81 bits per heavy atom. The van der Waals surface area contributed by atoms with Gasteiger partial charge in [0.1, 0.15) is 5.78 Å². The summed E-state index contributed by atoms with van der Waals surface area (Å²) in [6.07, 6.45) is 0.842. The normalized spacial score (nSPS) is 25.9. The summed E-state index contributed by atoms with van der Waals surface area (Å²) in [5.41, 5.74) is 0. The van der Waals surface area contributed by atoms with E-state index < -0.39 is 15.1 Å². The van der Waals surface area contributed by atoms with Gasteiger partial charge >= 0.3 is 0 Å². The molecule has 0 amide bonds. The lowest BCUT2D eigenvalue weighted by Crippen LogP contribution is -2.26. The van der Waals surface area contributed by atoms with E-state index in [-0.39, 0.29) is 11.7 Å². The summed E-state index contributed by atoms with van der Waals surface area (Å²) in [4.78, 5) is 11.7. The highest BCUT2D eigenvalue weighted by atomic mass is 32.2. The van der Waals surface area contributed by atoms with Crippen LogP contribution in [-0.4, -0.2) is 19.5 Å². The van der Waals surface area contributed by atoms with Crippen molar-refractivity contribution in [3.63, 3.8) is 0 Å². The zero-order valence-electron chi connectivity index (χ0n) is 9.09. The lowest BCUT2D eigenvalue weighted by molar-refractivity contribution is -0.120. The van der Waals surface area contributed by atoms with Crippen molar-refractivity contribution in [3.8, 4) is 0 Å². The van der Waals surface area contributed by atoms with Crippen LogP contribution in [-0.2, 0) is 14.6 Å². The van der Waals surface area contributed by atoms with Gasteiger partial charge in [-0.25, -0.2) is 8.42 Å². The highest BCUT2D eigenvalue weighted by molar-refractivity contribution is 7.92. The average Bonchev–Trinajstić information content (AvgIpc) is 2.61. The van der Waals surface area contributed by atoms with Crippen LogP contribution in [0.25, 0.3) is 0 Å². The van der Waals surface area contributed by atoms with Gasteiger partial charge in [-0.2, -0.15) is 0 Å². The Kier molecular flexibility index (Phi) is 2.84. The zero-order chi connectivity index (χ0) is 11.8. The van der Waals surface area contributed by atoms with E-state index >= 15 is 0 Å². The van der Waals surface area contributed by atoms with Crippen molar-refractivity contribution in [2.75, 3.05) is 0 Å². The second-order valence-electron chi connectivity index (χ2n) is 4.19. The minimum atomic E-state index is -3.34. The van der Waals surface area contributed by atoms with Gasteiger partial charge in [0.2, 0.25) is 0 Å². The standard InChI is InChI=1S/C12H14O3S/c1-9-11(13)7-8-12(9)16(14,15)10-5-3-2-4-6-10/h2-6,9,12H,7-8H2,1H3. The molecule has 0 aliphatic heterocycles. The maximum atomic E-state index is 12.2. The van der Waals surface area contributed by atoms with E-state index in [1.54, 1.807) is 37.3 Å². The summed E-state index contributed by atoms with van der Waals surface area (Å²) >= 11 is 0. The van der Waals surface area contributed by atoms with Crippen molar-refractivity contribution in [2.24, 2.45) is 5.92 Å². The molecular weight excluding hydrogens is 224 g/mol. The van der Waals surface area contributed by atoms with Crippen LogP contribution >= 0.6 is 0 Å². The van der Waals surface area contributed by atoms with Gasteiger partial charge < -0.3 is 0 Å². The lowest BCUT2D eigenvalue weighted by atomic mass is 10.1. The van der Waals surface area contributed by atoms with Crippen molar-refractivity contribution in [1.82, 2.24) is 0 Å². The number of Topliss-reactive ketones (excluding diaryl/α,β-unsaturated/α-hetero) is 1. The summed E-state index contributed by atoms with van der Waals surface area (Å²) in [5.74, 6) is -0.310. The van der Waals surface area contributed by atoms with Gasteiger partial charge in [-0.1, -0.05) is 25.1 Å². The molecule has 2 rings (SSSR count). The largest absolute Gasteiger partial charge is 0.299 e. The molecule has 0 aromatic heterocycles. The van der Waals surface area contributed by atoms with E-state index in [4.69, 9.17) is 0 Å². The molecule has 1 fully saturated rings. The summed E-state index contributed by atoms with van der Waals surface area (Å²) in [6.45, 7) is 1.71. The number of carbonyl (C=O) groups excluding carboxylic acids is 1. The Morgan fingerprint density at radius 3 is 2.31 bits per heavy atom. The Morgan fingerprint density at radius 1 is 1.19 bits per heavy atom. The molecule has 86 valence electrons. The maximum Gasteiger partial charge on any atom is 0.181 e. The molecule has 2 unspecified atom stereocenters. The van der Waals surface area contributed by atoms with E-state index in [1.807, 2.05) is 0 Å². The first-order valence-electron chi connectivity index (χ1n) is 5.35. The molecule has 1 saturated carbocycles. The summed E-state index contributed by atoms with van der Waals surface area (Å²) in [6, 6.07) is 8.36. The molecule has 1 aromatic carbocycles. The Labute approximate surface area is 95.4 Å². The van der Waals surface area contributed by atoms with Crippen LogP contribution in [0.4, 0.5) is 0 Å². The van der Waals surface area contributed by atoms with Gasteiger partial charge in [0.15, 0.2) is 9.84 Å². The molecule has 2 atom stereocenters. The Bertz CT molecular complexity index is 490. The number of hydrogen-bond donors (Lipinski definition) is 0. The maximum absolute atomic E-state index is 12.2. The zero-order valence-corrected chi connectivity index (χ0v) is 9.91. The molecule has 1 aliphatic rings. The van der Waals surface area contributed by atoms with Gasteiger partial charge in [0.05, 0.1) is 10.1 Å². The van der Waals surface area contributed by atoms with E-state index in [2.05, 4.69) is 0 Å². The first kappa shape index (κ1) is 11.3. The number of sulfone groups is 1. The third-order valence-corrected chi connectivity index (χ3v) is 5.58. The first-order chi connectivity index (χ1) is 7.53. The van der Waals surface area contributed by atoms with Crippen LogP contribution in [0.3, 0.4) is 0 Å². The molecule has 0 heterocycles. The minimum absolute atomic E-state index is 0.0597. The fourth-order valence-electron chi connectivity index (χ4n) is 2.18. The second kappa shape index (κ2) is 4.01. The molecule has 1 aromatic rings. The van der Waals surface area contributed by atoms with Gasteiger partial charge in [-0.15, -0.1) is 0 Å². The topological polar surface area (TPSA) is 51.2 Å². The molecule has 0 N–H and O–H groups in total. The number of rotatable bonds is 2. The number of hydrogen-bond acceptors (Lipinski definition) is 3. The summed E-state index contributed by atoms with van der Waals surface area (Å²) in [5, 5.41) is -0.539. The van der Waals surface area contributed by atoms with Crippen LogP contribution in [0, 0.1) is 5.92 Å². The molecule has 0 bridgehead atoms. The smallest absolute Gasteiger partial charge is 0.181 e. The van der Waals surface area contributed by atoms with E-state index in [0.717, 1.165) is 0 Å². The fraction of sp³-hybridized carbons (Fsp3) is 0.417. The molecule has 0 spiro atoms. The van der Waals surface area contributed by atoms with E-state index in [9.17, 15) is 13.2 Å². The third kappa shape index (κ3) is 1.78. The first-order valence-corrected chi connectivity index (χ1v) is 6.90. The van der Waals surface area contributed by atoms with Crippen molar-refractivity contribution >= 4 is 15.6 Å². The highest BCUT2D eigenvalue weighted by Gasteiger charge is 2.40. The van der Waals surface area contributed by atoms with Crippen molar-refractivity contribution < 1.29 is 13.2 Å². The Hall–Kier alpha value is -1.16. The van der Waals surface area contributed by atoms with Crippen molar-refractivity contribution in [1.29, 1.82) is 0 Å². The highest BCUT2D eigenvalue weighted by Crippen LogP contribution is 2.31. The number of benzene rings is 1. The van der Waals surface area contributed by atoms with Crippen LogP contribution in [0.2, 0.25) is 0 Å². The minimum Gasteiger partial charge on any atom is -0.299 e. The number of carbonyl (C=O) groups is 1. The van der Waals surface area contributed by atoms with Gasteiger partial charge in [0, 0.05) is 12.3 Å². The predicted octanol–water partition coefficient (Wildman–Crippen LogP) is 1.83. The van der Waals surface area contributed by atoms with Crippen LogP contribution in [0.5, 0.6) is 0 Å². The van der Waals surface area contributed by atoms with E-state index in [1.165, 1.54) is 0 Å². The van der Waals surface area contributed by atoms with Crippen molar-refractivity contribution in [3.05, 3.63) is 30.3 Å².